The number of likely N-dealkylation sites (tertiary alicyclic amines) is 1. The van der Waals surface area contributed by atoms with Gasteiger partial charge in [-0.05, 0) is 41.5 Å². The van der Waals surface area contributed by atoms with Crippen LogP contribution in [0.25, 0.3) is 21.9 Å². The summed E-state index contributed by atoms with van der Waals surface area (Å²) in [5, 5.41) is 2.33. The summed E-state index contributed by atoms with van der Waals surface area (Å²) in [6.45, 7) is 4.68. The van der Waals surface area contributed by atoms with Crippen molar-refractivity contribution in [1.29, 1.82) is 0 Å². The predicted octanol–water partition coefficient (Wildman–Crippen LogP) is 4.75. The van der Waals surface area contributed by atoms with Gasteiger partial charge in [-0.15, -0.1) is 0 Å². The van der Waals surface area contributed by atoms with Gasteiger partial charge < -0.3 is 14.4 Å². The second kappa shape index (κ2) is 8.40. The van der Waals surface area contributed by atoms with Gasteiger partial charge in [0.25, 0.3) is 0 Å². The third-order valence-electron chi connectivity index (χ3n) is 6.67. The van der Waals surface area contributed by atoms with Gasteiger partial charge >= 0.3 is 0 Å². The monoisotopic (exact) mass is 416 g/mol. The van der Waals surface area contributed by atoms with Crippen molar-refractivity contribution in [2.24, 2.45) is 5.92 Å². The molecule has 1 aromatic heterocycles. The van der Waals surface area contributed by atoms with Crippen molar-refractivity contribution in [3.8, 4) is 11.1 Å². The van der Waals surface area contributed by atoms with E-state index >= 15 is 0 Å². The number of hydrogen-bond acceptors (Lipinski definition) is 4. The fraction of sp³-hybridized carbons (Fsp3) is 0.385. The summed E-state index contributed by atoms with van der Waals surface area (Å²) in [7, 11) is 0. The fourth-order valence-electron chi connectivity index (χ4n) is 4.96. The van der Waals surface area contributed by atoms with Crippen molar-refractivity contribution in [1.82, 2.24) is 9.88 Å². The second-order valence-corrected chi connectivity index (χ2v) is 8.39. The predicted molar refractivity (Wildman–Crippen MR) is 120 cm³/mol. The molecule has 3 aromatic rings. The molecule has 2 aliphatic heterocycles. The molecule has 1 amide bonds. The lowest BCUT2D eigenvalue weighted by molar-refractivity contribution is -0.214. The Balaban J connectivity index is 1.39. The van der Waals surface area contributed by atoms with Crippen LogP contribution in [0.3, 0.4) is 0 Å². The number of nitrogens with zero attached hydrogens (tertiary/aromatic N) is 2. The Labute approximate surface area is 183 Å². The highest BCUT2D eigenvalue weighted by molar-refractivity contribution is 5.86. The number of hydrogen-bond donors (Lipinski definition) is 0. The summed E-state index contributed by atoms with van der Waals surface area (Å²) in [6, 6.07) is 17.1. The maximum Gasteiger partial charge on any atom is 0.222 e. The highest BCUT2D eigenvalue weighted by Gasteiger charge is 2.47. The van der Waals surface area contributed by atoms with Crippen molar-refractivity contribution in [3.05, 3.63) is 66.5 Å². The zero-order chi connectivity index (χ0) is 21.3. The summed E-state index contributed by atoms with van der Waals surface area (Å²) >= 11 is 0. The van der Waals surface area contributed by atoms with Crippen molar-refractivity contribution >= 4 is 16.7 Å². The topological polar surface area (TPSA) is 51.7 Å². The zero-order valence-corrected chi connectivity index (χ0v) is 17.9. The quantitative estimate of drug-likeness (QED) is 0.616. The molecule has 5 heteroatoms. The lowest BCUT2D eigenvalue weighted by Crippen LogP contribution is -2.45. The summed E-state index contributed by atoms with van der Waals surface area (Å²) < 4.78 is 12.5. The molecule has 2 aromatic carbocycles. The third kappa shape index (κ3) is 3.73. The van der Waals surface area contributed by atoms with Crippen molar-refractivity contribution < 1.29 is 14.3 Å². The van der Waals surface area contributed by atoms with Crippen LogP contribution in [0.2, 0.25) is 0 Å². The molecule has 0 spiro atoms. The number of rotatable bonds is 4. The highest BCUT2D eigenvalue weighted by Crippen LogP contribution is 2.44. The molecule has 0 saturated carbocycles. The minimum Gasteiger partial charge on any atom is -0.343 e. The minimum atomic E-state index is -0.701. The maximum absolute atomic E-state index is 12.1. The highest BCUT2D eigenvalue weighted by atomic mass is 16.7. The molecule has 2 saturated heterocycles. The summed E-state index contributed by atoms with van der Waals surface area (Å²) in [4.78, 5) is 18.3. The Morgan fingerprint density at radius 1 is 1.00 bits per heavy atom. The molecule has 0 unspecified atom stereocenters. The molecule has 5 nitrogen and oxygen atoms in total. The average molecular weight is 417 g/mol. The van der Waals surface area contributed by atoms with E-state index in [1.165, 1.54) is 10.9 Å². The Morgan fingerprint density at radius 2 is 1.71 bits per heavy atom. The van der Waals surface area contributed by atoms with Crippen LogP contribution >= 0.6 is 0 Å². The Kier molecular flexibility index (Phi) is 5.47. The number of fused-ring (bicyclic) bond motifs is 1. The van der Waals surface area contributed by atoms with Gasteiger partial charge in [-0.3, -0.25) is 9.78 Å². The summed E-state index contributed by atoms with van der Waals surface area (Å²) in [5.41, 5.74) is 3.39. The van der Waals surface area contributed by atoms with Crippen LogP contribution in [0.5, 0.6) is 0 Å². The Bertz CT molecular complexity index is 1070. The number of benzene rings is 2. The van der Waals surface area contributed by atoms with Crippen molar-refractivity contribution in [3.63, 3.8) is 0 Å². The number of ether oxygens (including phenoxy) is 2. The van der Waals surface area contributed by atoms with Crippen LogP contribution in [0, 0.1) is 5.92 Å². The number of amides is 1. The first-order valence-corrected chi connectivity index (χ1v) is 11.2. The molecule has 31 heavy (non-hydrogen) atoms. The maximum atomic E-state index is 12.1. The smallest absolute Gasteiger partial charge is 0.222 e. The number of piperidine rings is 1. The number of aromatic nitrogens is 1. The van der Waals surface area contributed by atoms with Crippen molar-refractivity contribution in [2.45, 2.75) is 32.0 Å². The molecular weight excluding hydrogens is 388 g/mol. The van der Waals surface area contributed by atoms with Gasteiger partial charge in [0.15, 0.2) is 5.79 Å². The van der Waals surface area contributed by atoms with Crippen LogP contribution in [0.15, 0.2) is 60.9 Å². The molecule has 3 heterocycles. The summed E-state index contributed by atoms with van der Waals surface area (Å²) in [6.07, 6.45) is 6.07. The molecule has 160 valence electrons. The minimum absolute atomic E-state index is 0.232. The molecule has 0 bridgehead atoms. The van der Waals surface area contributed by atoms with Gasteiger partial charge in [0, 0.05) is 48.8 Å². The zero-order valence-electron chi connectivity index (χ0n) is 17.9. The number of carbonyl (C=O) groups is 1. The molecule has 2 fully saturated rings. The van der Waals surface area contributed by atoms with E-state index < -0.39 is 5.79 Å². The Morgan fingerprint density at radius 3 is 2.42 bits per heavy atom. The first-order chi connectivity index (χ1) is 15.2. The van der Waals surface area contributed by atoms with E-state index in [1.807, 2.05) is 30.3 Å². The van der Waals surface area contributed by atoms with E-state index in [0.29, 0.717) is 19.6 Å². The molecular formula is C26H28N2O3. The largest absolute Gasteiger partial charge is 0.343 e. The standard InChI is InChI=1S/C26H28N2O3/c1-2-25(29)28-13-10-24(11-14-28)26(30-15-16-31-26)23-7-5-19(6-8-23)21-4-3-20-9-12-27-18-22(20)17-21/h3-9,12,17-18,24H,2,10-11,13-16H2,1H3. The van der Waals surface area contributed by atoms with E-state index in [9.17, 15) is 4.79 Å². The summed E-state index contributed by atoms with van der Waals surface area (Å²) in [5.74, 6) is -0.225. The molecule has 5 rings (SSSR count). The first-order valence-electron chi connectivity index (χ1n) is 11.2. The molecule has 0 N–H and O–H groups in total. The van der Waals surface area contributed by atoms with Gasteiger partial charge in [0.2, 0.25) is 5.91 Å². The van der Waals surface area contributed by atoms with E-state index in [2.05, 4.69) is 47.4 Å². The number of pyridine rings is 1. The SMILES string of the molecule is CCC(=O)N1CCC(C2(c3ccc(-c4ccc5ccncc5c4)cc3)OCCO2)CC1. The van der Waals surface area contributed by atoms with Gasteiger partial charge in [-0.1, -0.05) is 43.3 Å². The van der Waals surface area contributed by atoms with Crippen molar-refractivity contribution in [2.75, 3.05) is 26.3 Å². The first kappa shape index (κ1) is 20.2. The Hall–Kier alpha value is -2.76. The second-order valence-electron chi connectivity index (χ2n) is 8.39. The lowest BCUT2D eigenvalue weighted by atomic mass is 9.83. The third-order valence-corrected chi connectivity index (χ3v) is 6.67. The normalized spacial score (nSPS) is 19.1. The average Bonchev–Trinajstić information content (AvgIpc) is 3.35. The van der Waals surface area contributed by atoms with Crippen LogP contribution in [-0.2, 0) is 20.1 Å². The van der Waals surface area contributed by atoms with Gasteiger partial charge in [-0.25, -0.2) is 0 Å². The van der Waals surface area contributed by atoms with E-state index in [-0.39, 0.29) is 11.8 Å². The molecule has 0 atom stereocenters. The molecule has 0 aliphatic carbocycles. The molecule has 2 aliphatic rings. The van der Waals surface area contributed by atoms with Crippen LogP contribution in [0.4, 0.5) is 0 Å². The van der Waals surface area contributed by atoms with Crippen LogP contribution in [-0.4, -0.2) is 42.1 Å². The lowest BCUT2D eigenvalue weighted by Gasteiger charge is -2.41. The van der Waals surface area contributed by atoms with Gasteiger partial charge in [0.05, 0.1) is 13.2 Å². The van der Waals surface area contributed by atoms with E-state index in [0.717, 1.165) is 42.4 Å². The van der Waals surface area contributed by atoms with Crippen LogP contribution < -0.4 is 0 Å². The van der Waals surface area contributed by atoms with E-state index in [1.54, 1.807) is 0 Å². The fourth-order valence-corrected chi connectivity index (χ4v) is 4.96. The van der Waals surface area contributed by atoms with E-state index in [4.69, 9.17) is 9.47 Å². The number of carbonyl (C=O) groups excluding carboxylic acids is 1. The van der Waals surface area contributed by atoms with Gasteiger partial charge in [0.1, 0.15) is 0 Å². The molecule has 0 radical (unpaired) electrons. The van der Waals surface area contributed by atoms with Crippen LogP contribution in [0.1, 0.15) is 31.7 Å². The van der Waals surface area contributed by atoms with Gasteiger partial charge in [-0.2, -0.15) is 0 Å².